The van der Waals surface area contributed by atoms with E-state index in [4.69, 9.17) is 4.74 Å². The average molecular weight is 836 g/mol. The molecular weight excluding hydrogens is 788 g/mol. The van der Waals surface area contributed by atoms with Crippen molar-refractivity contribution in [1.82, 2.24) is 45.6 Å². The number of aliphatic hydroxyl groups is 1. The summed E-state index contributed by atoms with van der Waals surface area (Å²) in [6.07, 6.45) is 0.780. The minimum Gasteiger partial charge on any atom is -0.473 e. The Morgan fingerprint density at radius 2 is 1.78 bits per heavy atom. The number of aliphatic hydroxyl groups excluding tert-OH is 1. The molecule has 5 N–H and O–H groups in total. The molecule has 3 aromatic heterocycles. The molecule has 1 aromatic carbocycles. The van der Waals surface area contributed by atoms with Gasteiger partial charge >= 0.3 is 6.18 Å². The molecule has 2 saturated heterocycles. The molecule has 2 atom stereocenters. The van der Waals surface area contributed by atoms with E-state index < -0.39 is 36.1 Å². The number of piperidine rings is 2. The normalized spacial score (nSPS) is 21.3. The fourth-order valence-corrected chi connectivity index (χ4v) is 8.02. The summed E-state index contributed by atoms with van der Waals surface area (Å²) in [5, 5.41) is 32.6. The summed E-state index contributed by atoms with van der Waals surface area (Å²) in [4.78, 5) is 58.3. The molecule has 2 aliphatic heterocycles. The highest BCUT2D eigenvalue weighted by Crippen LogP contribution is 2.31. The number of carbonyl (C=O) groups is 4. The predicted octanol–water partition coefficient (Wildman–Crippen LogP) is 3.08. The van der Waals surface area contributed by atoms with Gasteiger partial charge in [0.25, 0.3) is 17.6 Å². The van der Waals surface area contributed by atoms with Crippen LogP contribution in [0.15, 0.2) is 48.7 Å². The number of nitrogens with one attached hydrogen (secondary N) is 4. The third kappa shape index (κ3) is 9.93. The lowest BCUT2D eigenvalue weighted by molar-refractivity contribution is -0.146. The molecule has 2 unspecified atom stereocenters. The van der Waals surface area contributed by atoms with Crippen molar-refractivity contribution in [2.75, 3.05) is 42.9 Å². The SMILES string of the molecule is Cc1c(C(=O)N(C=O)C2CCC(O)NC2=O)cccc1N1CCC(CNCCNc2ccc(C(=O)N[C@H]3CC[C@H](Oc4ccc5nnc(C(F)(F)F)n5n4)CC3)cn2)CC1. The molecule has 1 saturated carbocycles. The molecule has 4 aromatic rings. The van der Waals surface area contributed by atoms with Crippen LogP contribution in [0.1, 0.15) is 83.5 Å². The molecule has 5 heterocycles. The van der Waals surface area contributed by atoms with Gasteiger partial charge in [0.2, 0.25) is 18.2 Å². The van der Waals surface area contributed by atoms with E-state index in [1.54, 1.807) is 24.3 Å². The quantitative estimate of drug-likeness (QED) is 0.0916. The second kappa shape index (κ2) is 18.6. The smallest absolute Gasteiger partial charge is 0.453 e. The van der Waals surface area contributed by atoms with Crippen LogP contribution in [0.4, 0.5) is 24.7 Å². The van der Waals surface area contributed by atoms with Crippen LogP contribution >= 0.6 is 0 Å². The molecule has 0 bridgehead atoms. The Morgan fingerprint density at radius 3 is 2.48 bits per heavy atom. The van der Waals surface area contributed by atoms with E-state index >= 15 is 0 Å². The van der Waals surface area contributed by atoms with Gasteiger partial charge in [-0.2, -0.15) is 17.7 Å². The van der Waals surface area contributed by atoms with Crippen LogP contribution < -0.4 is 30.9 Å². The fourth-order valence-electron chi connectivity index (χ4n) is 8.02. The maximum atomic E-state index is 13.4. The minimum absolute atomic E-state index is 0.0322. The van der Waals surface area contributed by atoms with Crippen LogP contribution in [-0.2, 0) is 15.8 Å². The van der Waals surface area contributed by atoms with Gasteiger partial charge in [-0.15, -0.1) is 15.3 Å². The van der Waals surface area contributed by atoms with Gasteiger partial charge in [0.05, 0.1) is 5.56 Å². The van der Waals surface area contributed by atoms with Crippen LogP contribution in [0.5, 0.6) is 5.88 Å². The number of pyridine rings is 1. The number of nitrogens with zero attached hydrogens (tertiary/aromatic N) is 7. The largest absolute Gasteiger partial charge is 0.473 e. The highest BCUT2D eigenvalue weighted by atomic mass is 19.4. The lowest BCUT2D eigenvalue weighted by Gasteiger charge is -2.35. The van der Waals surface area contributed by atoms with Crippen molar-refractivity contribution in [3.8, 4) is 5.88 Å². The summed E-state index contributed by atoms with van der Waals surface area (Å²) in [5.41, 5.74) is 2.43. The molecule has 1 aliphatic carbocycles. The van der Waals surface area contributed by atoms with Gasteiger partial charge in [0.1, 0.15) is 24.2 Å². The zero-order chi connectivity index (χ0) is 42.4. The van der Waals surface area contributed by atoms with Crippen LogP contribution in [0.2, 0.25) is 0 Å². The lowest BCUT2D eigenvalue weighted by Crippen LogP contribution is -2.55. The summed E-state index contributed by atoms with van der Waals surface area (Å²) >= 11 is 0. The first kappa shape index (κ1) is 42.2. The summed E-state index contributed by atoms with van der Waals surface area (Å²) in [6, 6.07) is 10.7. The molecule has 0 spiro atoms. The number of rotatable bonds is 14. The Morgan fingerprint density at radius 1 is 1.00 bits per heavy atom. The number of alkyl halides is 3. The van der Waals surface area contributed by atoms with E-state index in [1.807, 2.05) is 13.0 Å². The summed E-state index contributed by atoms with van der Waals surface area (Å²) in [6.45, 7) is 5.66. The Labute approximate surface area is 343 Å². The number of hydrogen-bond acceptors (Lipinski definition) is 13. The zero-order valence-electron chi connectivity index (χ0n) is 33.0. The lowest BCUT2D eigenvalue weighted by atomic mass is 9.92. The minimum atomic E-state index is -4.70. The van der Waals surface area contributed by atoms with Crippen molar-refractivity contribution < 1.29 is 42.2 Å². The summed E-state index contributed by atoms with van der Waals surface area (Å²) in [5.74, 6) is -1.39. The first-order chi connectivity index (χ1) is 28.9. The number of aromatic nitrogens is 5. The van der Waals surface area contributed by atoms with E-state index in [2.05, 4.69) is 46.4 Å². The predicted molar refractivity (Wildman–Crippen MR) is 211 cm³/mol. The van der Waals surface area contributed by atoms with E-state index in [0.29, 0.717) is 72.6 Å². The van der Waals surface area contributed by atoms with Gasteiger partial charge in [0, 0.05) is 55.7 Å². The maximum absolute atomic E-state index is 13.4. The molecular formula is C40H48F3N11O6. The zero-order valence-corrected chi connectivity index (χ0v) is 33.0. The standard InChI is InChI=1S/C40H48F3N11O6/c1-24-29(38(59)53(23-55)31-10-13-34(56)48-37(31)58)3-2-4-30(24)52-19-15-25(16-20-52)21-44-17-18-45-32-11-5-26(22-46-32)36(57)47-27-6-8-28(9-7-27)60-35-14-12-33-49-50-39(40(41,42)43)54(33)51-35/h2-5,11-12,14,22-23,25,27-28,31,34,44,56H,6-10,13,15-21H2,1H3,(H,45,46)(H,47,57)(H,48,58)/t27-,28-,31?,34?. The van der Waals surface area contributed by atoms with Gasteiger partial charge in [-0.1, -0.05) is 6.07 Å². The number of halogens is 3. The first-order valence-corrected chi connectivity index (χ1v) is 20.2. The molecule has 0 radical (unpaired) electrons. The number of hydrogen-bond donors (Lipinski definition) is 5. The molecule has 17 nitrogen and oxygen atoms in total. The molecule has 320 valence electrons. The number of carbonyl (C=O) groups excluding carboxylic acids is 4. The number of amides is 4. The average Bonchev–Trinajstić information content (AvgIpc) is 3.67. The Balaban J connectivity index is 0.787. The topological polar surface area (TPSA) is 208 Å². The van der Waals surface area contributed by atoms with Crippen LogP contribution in [0, 0.1) is 12.8 Å². The monoisotopic (exact) mass is 835 g/mol. The summed E-state index contributed by atoms with van der Waals surface area (Å²) < 4.78 is 46.2. The van der Waals surface area contributed by atoms with Gasteiger partial charge in [-0.05, 0) is 107 Å². The number of ether oxygens (including phenoxy) is 1. The molecule has 20 heteroatoms. The van der Waals surface area contributed by atoms with Crippen LogP contribution in [0.3, 0.4) is 0 Å². The first-order valence-electron chi connectivity index (χ1n) is 20.2. The second-order valence-electron chi connectivity index (χ2n) is 15.4. The van der Waals surface area contributed by atoms with Crippen molar-refractivity contribution in [2.24, 2.45) is 5.92 Å². The fraction of sp³-hybridized carbons (Fsp3) is 0.500. The molecule has 60 heavy (non-hydrogen) atoms. The van der Waals surface area contributed by atoms with E-state index in [1.165, 1.54) is 18.3 Å². The van der Waals surface area contributed by atoms with E-state index in [-0.39, 0.29) is 42.4 Å². The number of fused-ring (bicyclic) bond motifs is 1. The Hall–Kier alpha value is -5.89. The number of benzene rings is 1. The third-order valence-electron chi connectivity index (χ3n) is 11.4. The maximum Gasteiger partial charge on any atom is 0.453 e. The van der Waals surface area contributed by atoms with Crippen molar-refractivity contribution in [1.29, 1.82) is 0 Å². The van der Waals surface area contributed by atoms with Gasteiger partial charge in [0.15, 0.2) is 5.65 Å². The number of anilines is 2. The Kier molecular flexibility index (Phi) is 13.1. The van der Waals surface area contributed by atoms with E-state index in [0.717, 1.165) is 48.6 Å². The molecule has 4 amide bonds. The third-order valence-corrected chi connectivity index (χ3v) is 11.4. The van der Waals surface area contributed by atoms with Gasteiger partial charge in [-0.3, -0.25) is 24.1 Å². The molecule has 7 rings (SSSR count). The molecule has 3 fully saturated rings. The van der Waals surface area contributed by atoms with Crippen molar-refractivity contribution in [2.45, 2.75) is 88.9 Å². The van der Waals surface area contributed by atoms with Crippen molar-refractivity contribution in [3.05, 3.63) is 71.2 Å². The molecule has 3 aliphatic rings. The van der Waals surface area contributed by atoms with Crippen molar-refractivity contribution >= 4 is 41.3 Å². The number of imide groups is 1. The highest BCUT2D eigenvalue weighted by molar-refractivity contribution is 6.05. The van der Waals surface area contributed by atoms with Crippen LogP contribution in [0.25, 0.3) is 5.65 Å². The van der Waals surface area contributed by atoms with Gasteiger partial charge < -0.3 is 36.0 Å². The Bertz CT molecular complexity index is 2150. The highest BCUT2D eigenvalue weighted by Gasteiger charge is 2.38. The van der Waals surface area contributed by atoms with Gasteiger partial charge in [-0.25, -0.2) is 4.98 Å². The van der Waals surface area contributed by atoms with Crippen LogP contribution in [-0.4, -0.2) is 116 Å². The second-order valence-corrected chi connectivity index (χ2v) is 15.4. The van der Waals surface area contributed by atoms with E-state index in [9.17, 15) is 37.5 Å². The summed E-state index contributed by atoms with van der Waals surface area (Å²) in [7, 11) is 0. The van der Waals surface area contributed by atoms with Crippen molar-refractivity contribution in [3.63, 3.8) is 0 Å².